The topological polar surface area (TPSA) is 75.9 Å². The average Bonchev–Trinajstić information content (AvgIpc) is 3.15. The van der Waals surface area contributed by atoms with Gasteiger partial charge < -0.3 is 10.4 Å². The Bertz CT molecular complexity index is 730. The Kier molecular flexibility index (Phi) is 4.63. The van der Waals surface area contributed by atoms with Crippen LogP contribution in [0.15, 0.2) is 61.4 Å². The van der Waals surface area contributed by atoms with Crippen molar-refractivity contribution in [2.24, 2.45) is 0 Å². The largest absolute Gasteiger partial charge is 0.394 e. The van der Waals surface area contributed by atoms with Crippen LogP contribution in [0.2, 0.25) is 0 Å². The van der Waals surface area contributed by atoms with E-state index in [-0.39, 0.29) is 18.6 Å². The van der Waals surface area contributed by atoms with Gasteiger partial charge >= 0.3 is 0 Å². The van der Waals surface area contributed by atoms with Gasteiger partial charge in [-0.3, -0.25) is 4.57 Å². The zero-order valence-electron chi connectivity index (χ0n) is 12.9. The molecule has 0 aliphatic rings. The number of rotatable bonds is 6. The fourth-order valence-corrected chi connectivity index (χ4v) is 2.47. The molecule has 3 rings (SSSR count). The Morgan fingerprint density at radius 3 is 2.74 bits per heavy atom. The molecule has 6 heteroatoms. The molecule has 0 fully saturated rings. The predicted molar refractivity (Wildman–Crippen MR) is 88.5 cm³/mol. The number of aliphatic hydroxyl groups is 1. The molecule has 0 unspecified atom stereocenters. The van der Waals surface area contributed by atoms with Crippen LogP contribution in [0.1, 0.15) is 18.4 Å². The number of imidazole rings is 1. The van der Waals surface area contributed by atoms with Crippen molar-refractivity contribution in [3.63, 3.8) is 0 Å². The molecule has 0 saturated heterocycles. The van der Waals surface area contributed by atoms with Crippen LogP contribution in [-0.4, -0.2) is 37.3 Å². The molecular formula is C17H19N5O. The van der Waals surface area contributed by atoms with Gasteiger partial charge in [-0.25, -0.2) is 15.0 Å². The van der Waals surface area contributed by atoms with Crippen molar-refractivity contribution in [2.75, 3.05) is 11.9 Å². The van der Waals surface area contributed by atoms with Gasteiger partial charge in [0, 0.05) is 24.4 Å². The van der Waals surface area contributed by atoms with Crippen molar-refractivity contribution in [3.8, 4) is 5.82 Å². The first-order valence-electron chi connectivity index (χ1n) is 7.50. The summed E-state index contributed by atoms with van der Waals surface area (Å²) in [4.78, 5) is 12.5. The highest BCUT2D eigenvalue weighted by Crippen LogP contribution is 2.21. The van der Waals surface area contributed by atoms with Crippen LogP contribution in [0.5, 0.6) is 0 Å². The predicted octanol–water partition coefficient (Wildman–Crippen LogP) is 2.24. The van der Waals surface area contributed by atoms with Crippen LogP contribution in [0.25, 0.3) is 5.82 Å². The average molecular weight is 309 g/mol. The summed E-state index contributed by atoms with van der Waals surface area (Å²) in [5.74, 6) is 1.54. The van der Waals surface area contributed by atoms with E-state index in [4.69, 9.17) is 0 Å². The van der Waals surface area contributed by atoms with Crippen molar-refractivity contribution >= 4 is 5.82 Å². The van der Waals surface area contributed by atoms with E-state index in [1.807, 2.05) is 30.5 Å². The molecular weight excluding hydrogens is 290 g/mol. The monoisotopic (exact) mass is 309 g/mol. The number of aromatic nitrogens is 4. The van der Waals surface area contributed by atoms with Crippen molar-refractivity contribution in [1.82, 2.24) is 19.5 Å². The fraction of sp³-hybridized carbons (Fsp3) is 0.235. The number of nitrogens with zero attached hydrogens (tertiary/aromatic N) is 4. The number of nitrogens with one attached hydrogen (secondary N) is 1. The van der Waals surface area contributed by atoms with E-state index in [9.17, 15) is 5.11 Å². The lowest BCUT2D eigenvalue weighted by atomic mass is 9.94. The van der Waals surface area contributed by atoms with Gasteiger partial charge in [0.2, 0.25) is 0 Å². The van der Waals surface area contributed by atoms with Crippen LogP contribution in [-0.2, 0) is 0 Å². The molecule has 2 aromatic heterocycles. The van der Waals surface area contributed by atoms with E-state index in [0.717, 1.165) is 5.82 Å². The maximum Gasteiger partial charge on any atom is 0.143 e. The molecule has 2 N–H and O–H groups in total. The third kappa shape index (κ3) is 3.54. The molecule has 0 amide bonds. The van der Waals surface area contributed by atoms with Gasteiger partial charge in [0.15, 0.2) is 0 Å². The molecule has 0 bridgehead atoms. The van der Waals surface area contributed by atoms with Crippen LogP contribution in [0.3, 0.4) is 0 Å². The van der Waals surface area contributed by atoms with Gasteiger partial charge in [-0.2, -0.15) is 0 Å². The Morgan fingerprint density at radius 1 is 1.22 bits per heavy atom. The second kappa shape index (κ2) is 7.02. The van der Waals surface area contributed by atoms with Gasteiger partial charge in [-0.15, -0.1) is 0 Å². The zero-order chi connectivity index (χ0) is 16.1. The lowest BCUT2D eigenvalue weighted by Crippen LogP contribution is -2.30. The summed E-state index contributed by atoms with van der Waals surface area (Å²) in [5.41, 5.74) is 1.17. The van der Waals surface area contributed by atoms with Gasteiger partial charge in [0.1, 0.15) is 24.3 Å². The molecule has 2 atom stereocenters. The molecule has 1 aromatic carbocycles. The molecule has 0 radical (unpaired) electrons. The molecule has 118 valence electrons. The number of anilines is 1. The number of benzene rings is 1. The first-order valence-corrected chi connectivity index (χ1v) is 7.50. The van der Waals surface area contributed by atoms with Gasteiger partial charge in [0.25, 0.3) is 0 Å². The second-order valence-electron chi connectivity index (χ2n) is 5.36. The zero-order valence-corrected chi connectivity index (χ0v) is 12.9. The Balaban J connectivity index is 1.78. The molecule has 0 aliphatic carbocycles. The molecule has 0 aliphatic heterocycles. The summed E-state index contributed by atoms with van der Waals surface area (Å²) in [6, 6.07) is 11.8. The van der Waals surface area contributed by atoms with E-state index >= 15 is 0 Å². The highest BCUT2D eigenvalue weighted by atomic mass is 16.3. The highest BCUT2D eigenvalue weighted by molar-refractivity contribution is 5.42. The van der Waals surface area contributed by atoms with E-state index in [1.165, 1.54) is 11.9 Å². The maximum absolute atomic E-state index is 9.75. The molecule has 0 saturated carbocycles. The highest BCUT2D eigenvalue weighted by Gasteiger charge is 2.18. The molecule has 6 nitrogen and oxygen atoms in total. The van der Waals surface area contributed by atoms with Gasteiger partial charge in [0.05, 0.1) is 12.6 Å². The lowest BCUT2D eigenvalue weighted by molar-refractivity contribution is 0.261. The van der Waals surface area contributed by atoms with E-state index in [1.54, 1.807) is 17.1 Å². The van der Waals surface area contributed by atoms with Crippen LogP contribution < -0.4 is 5.32 Å². The van der Waals surface area contributed by atoms with E-state index in [0.29, 0.717) is 5.82 Å². The van der Waals surface area contributed by atoms with Crippen molar-refractivity contribution in [1.29, 1.82) is 0 Å². The minimum absolute atomic E-state index is 0.0144. The maximum atomic E-state index is 9.75. The second-order valence-corrected chi connectivity index (χ2v) is 5.36. The Morgan fingerprint density at radius 2 is 2.04 bits per heavy atom. The molecule has 3 aromatic rings. The number of hydrogen-bond donors (Lipinski definition) is 2. The standard InChI is InChI=1S/C17H19N5O/c1-13(14-5-3-2-4-6-14)15(10-23)21-16-9-17(20-11-19-16)22-8-7-18-12-22/h2-9,11-13,15,23H,10H2,1H3,(H,19,20,21)/t13-,15-/m1/s1. The van der Waals surface area contributed by atoms with Crippen LogP contribution in [0, 0.1) is 0 Å². The summed E-state index contributed by atoms with van der Waals surface area (Å²) < 4.78 is 1.81. The first kappa shape index (κ1) is 15.2. The Labute approximate surface area is 134 Å². The van der Waals surface area contributed by atoms with Crippen molar-refractivity contribution in [2.45, 2.75) is 18.9 Å². The number of aliphatic hydroxyl groups excluding tert-OH is 1. The molecule has 2 heterocycles. The quantitative estimate of drug-likeness (QED) is 0.730. The van der Waals surface area contributed by atoms with E-state index < -0.39 is 0 Å². The summed E-state index contributed by atoms with van der Waals surface area (Å²) in [5, 5.41) is 13.0. The van der Waals surface area contributed by atoms with Crippen molar-refractivity contribution in [3.05, 3.63) is 67.0 Å². The molecule has 23 heavy (non-hydrogen) atoms. The SMILES string of the molecule is C[C@H](c1ccccc1)[C@@H](CO)Nc1cc(-n2ccnc2)ncn1. The number of hydrogen-bond acceptors (Lipinski definition) is 5. The lowest BCUT2D eigenvalue weighted by Gasteiger charge is -2.24. The third-order valence-corrected chi connectivity index (χ3v) is 3.88. The van der Waals surface area contributed by atoms with Crippen LogP contribution in [0.4, 0.5) is 5.82 Å². The summed E-state index contributed by atoms with van der Waals surface area (Å²) >= 11 is 0. The minimum Gasteiger partial charge on any atom is -0.394 e. The normalized spacial score (nSPS) is 13.5. The van der Waals surface area contributed by atoms with Gasteiger partial charge in [-0.1, -0.05) is 37.3 Å². The molecule has 0 spiro atoms. The smallest absolute Gasteiger partial charge is 0.143 e. The fourth-order valence-electron chi connectivity index (χ4n) is 2.47. The third-order valence-electron chi connectivity index (χ3n) is 3.88. The summed E-state index contributed by atoms with van der Waals surface area (Å²) in [7, 11) is 0. The summed E-state index contributed by atoms with van der Waals surface area (Å²) in [6.45, 7) is 2.10. The first-order chi connectivity index (χ1) is 11.3. The summed E-state index contributed by atoms with van der Waals surface area (Å²) in [6.07, 6.45) is 6.70. The minimum atomic E-state index is -0.136. The Hall–Kier alpha value is -2.73. The van der Waals surface area contributed by atoms with Gasteiger partial charge in [-0.05, 0) is 5.56 Å². The van der Waals surface area contributed by atoms with Crippen molar-refractivity contribution < 1.29 is 5.11 Å². The van der Waals surface area contributed by atoms with Crippen LogP contribution >= 0.6 is 0 Å². The van der Waals surface area contributed by atoms with E-state index in [2.05, 4.69) is 39.3 Å².